The van der Waals surface area contributed by atoms with Gasteiger partial charge in [-0.2, -0.15) is 0 Å². The van der Waals surface area contributed by atoms with E-state index in [-0.39, 0.29) is 29.0 Å². The van der Waals surface area contributed by atoms with Gasteiger partial charge >= 0.3 is 0 Å². The lowest BCUT2D eigenvalue weighted by Gasteiger charge is -2.17. The first-order valence-corrected chi connectivity index (χ1v) is 12.7. The van der Waals surface area contributed by atoms with Crippen LogP contribution in [0.2, 0.25) is 0 Å². The quantitative estimate of drug-likeness (QED) is 0.584. The van der Waals surface area contributed by atoms with Crippen LogP contribution >= 0.6 is 0 Å². The smallest absolute Gasteiger partial charge is 0.250 e. The molecule has 5 rings (SSSR count). The van der Waals surface area contributed by atoms with Crippen LogP contribution < -0.4 is 10.3 Å². The second-order valence-corrected chi connectivity index (χ2v) is 10.8. The molecule has 2 heterocycles. The molecule has 6 nitrogen and oxygen atoms in total. The molecule has 1 aromatic heterocycles. The second-order valence-electron chi connectivity index (χ2n) is 8.74. The molecule has 9 heteroatoms. The molecule has 1 N–H and O–H groups in total. The molecule has 1 atom stereocenters. The average molecular weight is 484 g/mol. The SMILES string of the molecule is CCS(=O)(=O)Nc1cc2c(cc1F)C(c1ccc(F)cc1)=N[C@@H](C1CC1)c1cc(=O)n(C)cc1-2. The number of aliphatic imine (C=N–C) groups is 1. The van der Waals surface area contributed by atoms with Crippen LogP contribution in [0.15, 0.2) is 58.4 Å². The van der Waals surface area contributed by atoms with Crippen molar-refractivity contribution in [1.82, 2.24) is 4.57 Å². The highest BCUT2D eigenvalue weighted by molar-refractivity contribution is 7.92. The normalized spacial score (nSPS) is 17.4. The second kappa shape index (κ2) is 8.16. The summed E-state index contributed by atoms with van der Waals surface area (Å²) in [6.07, 6.45) is 3.59. The highest BCUT2D eigenvalue weighted by atomic mass is 32.2. The minimum Gasteiger partial charge on any atom is -0.318 e. The van der Waals surface area contributed by atoms with Crippen LogP contribution in [-0.2, 0) is 17.1 Å². The minimum atomic E-state index is -3.72. The van der Waals surface area contributed by atoms with E-state index in [1.807, 2.05) is 0 Å². The van der Waals surface area contributed by atoms with Crippen molar-refractivity contribution < 1.29 is 17.2 Å². The minimum absolute atomic E-state index is 0.177. The third kappa shape index (κ3) is 4.04. The zero-order valence-electron chi connectivity index (χ0n) is 18.7. The average Bonchev–Trinajstić information content (AvgIpc) is 3.64. The van der Waals surface area contributed by atoms with E-state index in [2.05, 4.69) is 4.72 Å². The van der Waals surface area contributed by atoms with Gasteiger partial charge in [0.25, 0.3) is 5.56 Å². The number of aryl methyl sites for hydroxylation is 1. The molecule has 1 fully saturated rings. The topological polar surface area (TPSA) is 80.5 Å². The highest BCUT2D eigenvalue weighted by Gasteiger charge is 2.37. The molecule has 0 radical (unpaired) electrons. The maximum Gasteiger partial charge on any atom is 0.250 e. The van der Waals surface area contributed by atoms with Crippen molar-refractivity contribution in [1.29, 1.82) is 0 Å². The number of fused-ring (bicyclic) bond motifs is 3. The summed E-state index contributed by atoms with van der Waals surface area (Å²) in [5.74, 6) is -1.13. The van der Waals surface area contributed by atoms with Crippen molar-refractivity contribution in [2.75, 3.05) is 10.5 Å². The molecular weight excluding hydrogens is 460 g/mol. The van der Waals surface area contributed by atoms with Crippen LogP contribution in [-0.4, -0.2) is 24.4 Å². The molecule has 0 amide bonds. The maximum atomic E-state index is 15.2. The van der Waals surface area contributed by atoms with Crippen LogP contribution in [0.1, 0.15) is 42.5 Å². The van der Waals surface area contributed by atoms with Gasteiger partial charge in [-0.15, -0.1) is 0 Å². The first-order valence-electron chi connectivity index (χ1n) is 11.1. The fourth-order valence-corrected chi connectivity index (χ4v) is 4.95. The number of pyridine rings is 1. The first kappa shape index (κ1) is 22.5. The lowest BCUT2D eigenvalue weighted by molar-refractivity contribution is 0.599. The van der Waals surface area contributed by atoms with E-state index in [4.69, 9.17) is 4.99 Å². The fraction of sp³-hybridized carbons (Fsp3) is 0.280. The Hall–Kier alpha value is -3.33. The van der Waals surface area contributed by atoms with E-state index in [1.165, 1.54) is 35.8 Å². The molecule has 3 aromatic rings. The number of rotatable bonds is 5. The Kier molecular flexibility index (Phi) is 5.39. The van der Waals surface area contributed by atoms with E-state index in [0.29, 0.717) is 28.0 Å². The number of benzene rings is 2. The van der Waals surface area contributed by atoms with Crippen LogP contribution in [0.25, 0.3) is 11.1 Å². The predicted molar refractivity (Wildman–Crippen MR) is 128 cm³/mol. The number of nitrogens with one attached hydrogen (secondary N) is 1. The highest BCUT2D eigenvalue weighted by Crippen LogP contribution is 2.48. The summed E-state index contributed by atoms with van der Waals surface area (Å²) in [5, 5.41) is 0. The Morgan fingerprint density at radius 3 is 2.41 bits per heavy atom. The van der Waals surface area contributed by atoms with Crippen LogP contribution in [0.3, 0.4) is 0 Å². The van der Waals surface area contributed by atoms with Crippen LogP contribution in [0.4, 0.5) is 14.5 Å². The van der Waals surface area contributed by atoms with E-state index in [0.717, 1.165) is 18.4 Å². The number of anilines is 1. The number of halogens is 2. The van der Waals surface area contributed by atoms with Gasteiger partial charge in [0, 0.05) is 36.0 Å². The lowest BCUT2D eigenvalue weighted by atomic mass is 9.91. The Labute approximate surface area is 196 Å². The van der Waals surface area contributed by atoms with Gasteiger partial charge in [0.05, 0.1) is 23.2 Å². The molecular formula is C25H23F2N3O3S. The van der Waals surface area contributed by atoms with Gasteiger partial charge in [-0.1, -0.05) is 0 Å². The van der Waals surface area contributed by atoms with Gasteiger partial charge in [-0.25, -0.2) is 17.2 Å². The largest absolute Gasteiger partial charge is 0.318 e. The van der Waals surface area contributed by atoms with Crippen molar-refractivity contribution in [3.05, 3.63) is 87.3 Å². The zero-order valence-corrected chi connectivity index (χ0v) is 19.5. The molecule has 34 heavy (non-hydrogen) atoms. The molecule has 2 aliphatic rings. The summed E-state index contributed by atoms with van der Waals surface area (Å²) in [6, 6.07) is 9.75. The summed E-state index contributed by atoms with van der Waals surface area (Å²) >= 11 is 0. The third-order valence-corrected chi connectivity index (χ3v) is 7.62. The lowest BCUT2D eigenvalue weighted by Crippen LogP contribution is -2.18. The van der Waals surface area contributed by atoms with Gasteiger partial charge in [-0.3, -0.25) is 14.5 Å². The third-order valence-electron chi connectivity index (χ3n) is 6.33. The van der Waals surface area contributed by atoms with Crippen LogP contribution in [0, 0.1) is 17.6 Å². The van der Waals surface area contributed by atoms with Gasteiger partial charge in [0.1, 0.15) is 11.6 Å². The molecule has 0 bridgehead atoms. The van der Waals surface area contributed by atoms with Crippen molar-refractivity contribution >= 4 is 21.4 Å². The zero-order chi connectivity index (χ0) is 24.2. The van der Waals surface area contributed by atoms with Crippen LogP contribution in [0.5, 0.6) is 0 Å². The van der Waals surface area contributed by atoms with Gasteiger partial charge < -0.3 is 4.57 Å². The van der Waals surface area contributed by atoms with Crippen molar-refractivity contribution in [3.63, 3.8) is 0 Å². The fourth-order valence-electron chi connectivity index (χ4n) is 4.31. The summed E-state index contributed by atoms with van der Waals surface area (Å²) in [4.78, 5) is 17.6. The predicted octanol–water partition coefficient (Wildman–Crippen LogP) is 4.39. The molecule has 0 spiro atoms. The summed E-state index contributed by atoms with van der Waals surface area (Å²) in [6.45, 7) is 1.47. The Balaban J connectivity index is 1.82. The molecule has 2 aromatic carbocycles. The number of nitrogens with zero attached hydrogens (tertiary/aromatic N) is 2. The maximum absolute atomic E-state index is 15.2. The van der Waals surface area contributed by atoms with E-state index in [9.17, 15) is 17.6 Å². The molecule has 1 aliphatic heterocycles. The first-order chi connectivity index (χ1) is 16.2. The number of hydrogen-bond acceptors (Lipinski definition) is 4. The van der Waals surface area contributed by atoms with E-state index in [1.54, 1.807) is 31.4 Å². The van der Waals surface area contributed by atoms with E-state index >= 15 is 4.39 Å². The molecule has 1 saturated carbocycles. The number of sulfonamides is 1. The Morgan fingerprint density at radius 2 is 1.76 bits per heavy atom. The van der Waals surface area contributed by atoms with Crippen molar-refractivity contribution in [3.8, 4) is 11.1 Å². The van der Waals surface area contributed by atoms with E-state index < -0.39 is 21.7 Å². The summed E-state index contributed by atoms with van der Waals surface area (Å²) in [5.41, 5.74) is 3.12. The van der Waals surface area contributed by atoms with Crippen molar-refractivity contribution in [2.24, 2.45) is 18.0 Å². The van der Waals surface area contributed by atoms with Gasteiger partial charge in [-0.05, 0) is 73.2 Å². The number of aromatic nitrogens is 1. The molecule has 176 valence electrons. The standard InChI is InChI=1S/C25H23F2N3O3S/c1-3-34(32,33)29-22-11-17-18(10-21(22)27)24(15-6-8-16(26)9-7-15)28-25(14-4-5-14)19-12-23(31)30(2)13-20(17)19/h6-14,25,29H,3-5H2,1-2H3/t25-/m0/s1. The molecule has 1 aliphatic carbocycles. The summed E-state index contributed by atoms with van der Waals surface area (Å²) in [7, 11) is -2.09. The van der Waals surface area contributed by atoms with Gasteiger partial charge in [0.15, 0.2) is 0 Å². The van der Waals surface area contributed by atoms with Crippen molar-refractivity contribution in [2.45, 2.75) is 25.8 Å². The summed E-state index contributed by atoms with van der Waals surface area (Å²) < 4.78 is 57.0. The molecule has 0 unspecified atom stereocenters. The Morgan fingerprint density at radius 1 is 1.06 bits per heavy atom. The monoisotopic (exact) mass is 483 g/mol. The van der Waals surface area contributed by atoms with Gasteiger partial charge in [0.2, 0.25) is 10.0 Å². The molecule has 0 saturated heterocycles. The number of hydrogen-bond donors (Lipinski definition) is 1. The Bertz CT molecular complexity index is 1490.